The van der Waals surface area contributed by atoms with Gasteiger partial charge in [0.15, 0.2) is 5.52 Å². The number of amides is 1. The first-order chi connectivity index (χ1) is 17.8. The highest BCUT2D eigenvalue weighted by atomic mass is 35.5. The Hall–Kier alpha value is -4.23. The summed E-state index contributed by atoms with van der Waals surface area (Å²) >= 11 is 6.14. The number of hydrogen-bond acceptors (Lipinski definition) is 4. The van der Waals surface area contributed by atoms with Gasteiger partial charge in [-0.3, -0.25) is 9.36 Å². The van der Waals surface area contributed by atoms with Gasteiger partial charge < -0.3 is 4.90 Å². The van der Waals surface area contributed by atoms with Crippen LogP contribution in [0.15, 0.2) is 83.7 Å². The Morgan fingerprint density at radius 2 is 1.54 bits per heavy atom. The van der Waals surface area contributed by atoms with Crippen molar-refractivity contribution in [2.75, 3.05) is 14.1 Å². The Kier molecular flexibility index (Phi) is 6.39. The molecule has 3 aromatic carbocycles. The third-order valence-corrected chi connectivity index (χ3v) is 6.48. The van der Waals surface area contributed by atoms with E-state index in [1.807, 2.05) is 54.6 Å². The number of halogens is 1. The number of rotatable bonds is 4. The predicted molar refractivity (Wildman–Crippen MR) is 148 cm³/mol. The van der Waals surface area contributed by atoms with Crippen LogP contribution in [0.1, 0.15) is 25.3 Å². The van der Waals surface area contributed by atoms with Crippen molar-refractivity contribution in [2.24, 2.45) is 0 Å². The quantitative estimate of drug-likeness (QED) is 0.287. The molecule has 2 heterocycles. The number of nitrogens with zero attached hydrogens (tertiary/aromatic N) is 5. The summed E-state index contributed by atoms with van der Waals surface area (Å²) in [6.45, 7) is 4.26. The number of hydrogen-bond donors (Lipinski definition) is 0. The number of aromatic nitrogens is 4. The lowest BCUT2D eigenvalue weighted by atomic mass is 10.0. The maximum atomic E-state index is 14.2. The summed E-state index contributed by atoms with van der Waals surface area (Å²) in [5, 5.41) is 5.14. The smallest absolute Gasteiger partial charge is 0.329 e. The van der Waals surface area contributed by atoms with Crippen LogP contribution in [0.3, 0.4) is 0 Å². The molecule has 186 valence electrons. The molecule has 37 heavy (non-hydrogen) atoms. The molecule has 0 unspecified atom stereocenters. The van der Waals surface area contributed by atoms with Gasteiger partial charge in [-0.25, -0.2) is 9.78 Å². The second-order valence-electron chi connectivity index (χ2n) is 9.33. The molecule has 0 saturated carbocycles. The first kappa shape index (κ1) is 24.5. The molecule has 5 aromatic rings. The zero-order chi connectivity index (χ0) is 26.3. The van der Waals surface area contributed by atoms with Gasteiger partial charge in [-0.15, -0.1) is 0 Å². The fraction of sp³-hybridized carbons (Fsp3) is 0.172. The van der Waals surface area contributed by atoms with Gasteiger partial charge in [0.05, 0.1) is 5.69 Å². The molecule has 0 fully saturated rings. The van der Waals surface area contributed by atoms with Gasteiger partial charge in [-0.05, 0) is 35.7 Å². The lowest BCUT2D eigenvalue weighted by molar-refractivity contribution is 0.217. The minimum absolute atomic E-state index is 0.107. The average Bonchev–Trinajstić information content (AvgIpc) is 3.29. The molecule has 7 nitrogen and oxygen atoms in total. The molecule has 0 atom stereocenters. The van der Waals surface area contributed by atoms with Crippen molar-refractivity contribution in [1.82, 2.24) is 24.2 Å². The fourth-order valence-electron chi connectivity index (χ4n) is 4.22. The van der Waals surface area contributed by atoms with Crippen LogP contribution in [-0.4, -0.2) is 44.4 Å². The van der Waals surface area contributed by atoms with Gasteiger partial charge in [0.1, 0.15) is 17.0 Å². The topological polar surface area (TPSA) is 73.0 Å². The standard InChI is InChI=1S/C29H26ClN5O2/c1-18(2)19-10-12-21(13-11-19)27-31-25-24(20-8-6-5-7-9-20)32-35(29(37)33(3)4)26(25)28(36)34(27)23-16-14-22(30)15-17-23/h5-18H,1-4H3. The van der Waals surface area contributed by atoms with Crippen LogP contribution in [0.25, 0.3) is 39.4 Å². The van der Waals surface area contributed by atoms with Crippen LogP contribution in [-0.2, 0) is 0 Å². The molecule has 0 aliphatic rings. The van der Waals surface area contributed by atoms with E-state index in [9.17, 15) is 9.59 Å². The Bertz CT molecular complexity index is 1650. The SMILES string of the molecule is CC(C)c1ccc(-c2nc3c(-c4ccccc4)nn(C(=O)N(C)C)c3c(=O)n2-c2ccc(Cl)cc2)cc1. The summed E-state index contributed by atoms with van der Waals surface area (Å²) in [5.74, 6) is 0.812. The van der Waals surface area contributed by atoms with Crippen LogP contribution >= 0.6 is 11.6 Å². The Morgan fingerprint density at radius 1 is 0.892 bits per heavy atom. The van der Waals surface area contributed by atoms with Crippen LogP contribution in [0, 0.1) is 0 Å². The van der Waals surface area contributed by atoms with E-state index >= 15 is 0 Å². The van der Waals surface area contributed by atoms with Gasteiger partial charge in [0.25, 0.3) is 5.56 Å². The van der Waals surface area contributed by atoms with Crippen LogP contribution < -0.4 is 5.56 Å². The Balaban J connectivity index is 1.90. The largest absolute Gasteiger partial charge is 0.344 e. The minimum atomic E-state index is -0.442. The predicted octanol–water partition coefficient (Wildman–Crippen LogP) is 6.22. The van der Waals surface area contributed by atoms with Crippen molar-refractivity contribution in [3.63, 3.8) is 0 Å². The van der Waals surface area contributed by atoms with Crippen molar-refractivity contribution >= 4 is 28.7 Å². The maximum Gasteiger partial charge on any atom is 0.344 e. The second kappa shape index (κ2) is 9.67. The molecule has 0 aliphatic heterocycles. The first-order valence-electron chi connectivity index (χ1n) is 12.0. The molecular formula is C29H26ClN5O2. The summed E-state index contributed by atoms with van der Waals surface area (Å²) in [5.41, 5.74) is 3.82. The molecule has 2 aromatic heterocycles. The number of carbonyl (C=O) groups excluding carboxylic acids is 1. The zero-order valence-corrected chi connectivity index (χ0v) is 21.8. The van der Waals surface area contributed by atoms with Gasteiger partial charge in [0, 0.05) is 30.2 Å². The molecular weight excluding hydrogens is 486 g/mol. The molecule has 5 rings (SSSR count). The molecule has 0 aliphatic carbocycles. The summed E-state index contributed by atoms with van der Waals surface area (Å²) in [6, 6.07) is 24.0. The average molecular weight is 512 g/mol. The summed E-state index contributed by atoms with van der Waals surface area (Å²) in [4.78, 5) is 33.7. The van der Waals surface area contributed by atoms with Crippen molar-refractivity contribution in [3.8, 4) is 28.3 Å². The molecule has 0 N–H and O–H groups in total. The van der Waals surface area contributed by atoms with E-state index < -0.39 is 11.6 Å². The van der Waals surface area contributed by atoms with Crippen LogP contribution in [0.5, 0.6) is 0 Å². The van der Waals surface area contributed by atoms with Crippen LogP contribution in [0.4, 0.5) is 4.79 Å². The lowest BCUT2D eigenvalue weighted by Crippen LogP contribution is -2.31. The van der Waals surface area contributed by atoms with Crippen molar-refractivity contribution in [1.29, 1.82) is 0 Å². The van der Waals surface area contributed by atoms with E-state index in [-0.39, 0.29) is 5.52 Å². The van der Waals surface area contributed by atoms with E-state index in [2.05, 4.69) is 18.9 Å². The molecule has 0 radical (unpaired) electrons. The van der Waals surface area contributed by atoms with E-state index in [4.69, 9.17) is 16.6 Å². The van der Waals surface area contributed by atoms with Gasteiger partial charge >= 0.3 is 6.03 Å². The number of carbonyl (C=O) groups is 1. The molecule has 0 saturated heterocycles. The monoisotopic (exact) mass is 511 g/mol. The van der Waals surface area contributed by atoms with Crippen molar-refractivity contribution in [3.05, 3.63) is 99.8 Å². The molecule has 1 amide bonds. The van der Waals surface area contributed by atoms with Gasteiger partial charge in [-0.1, -0.05) is 80.0 Å². The number of benzene rings is 3. The highest BCUT2D eigenvalue weighted by molar-refractivity contribution is 6.30. The van der Waals surface area contributed by atoms with E-state index in [1.165, 1.54) is 15.0 Å². The summed E-state index contributed by atoms with van der Waals surface area (Å²) in [6.07, 6.45) is 0. The fourth-order valence-corrected chi connectivity index (χ4v) is 4.35. The third kappa shape index (κ3) is 4.42. The Labute approximate surface area is 219 Å². The molecule has 0 spiro atoms. The highest BCUT2D eigenvalue weighted by Gasteiger charge is 2.26. The zero-order valence-electron chi connectivity index (χ0n) is 21.0. The minimum Gasteiger partial charge on any atom is -0.329 e. The first-order valence-corrected chi connectivity index (χ1v) is 12.3. The molecule has 8 heteroatoms. The summed E-state index contributed by atoms with van der Waals surface area (Å²) in [7, 11) is 3.24. The normalized spacial score (nSPS) is 11.3. The van der Waals surface area contributed by atoms with E-state index in [0.29, 0.717) is 33.7 Å². The van der Waals surface area contributed by atoms with Crippen molar-refractivity contribution < 1.29 is 4.79 Å². The Morgan fingerprint density at radius 3 is 2.14 bits per heavy atom. The van der Waals surface area contributed by atoms with E-state index in [1.54, 1.807) is 38.4 Å². The van der Waals surface area contributed by atoms with Gasteiger partial charge in [-0.2, -0.15) is 9.78 Å². The van der Waals surface area contributed by atoms with E-state index in [0.717, 1.165) is 15.8 Å². The lowest BCUT2D eigenvalue weighted by Gasteiger charge is -2.15. The van der Waals surface area contributed by atoms with Crippen LogP contribution in [0.2, 0.25) is 5.02 Å². The highest BCUT2D eigenvalue weighted by Crippen LogP contribution is 2.30. The summed E-state index contributed by atoms with van der Waals surface area (Å²) < 4.78 is 2.66. The third-order valence-electron chi connectivity index (χ3n) is 6.23. The number of fused-ring (bicyclic) bond motifs is 1. The van der Waals surface area contributed by atoms with Crippen molar-refractivity contribution in [2.45, 2.75) is 19.8 Å². The molecule has 0 bridgehead atoms. The van der Waals surface area contributed by atoms with Gasteiger partial charge in [0.2, 0.25) is 0 Å². The maximum absolute atomic E-state index is 14.2. The second-order valence-corrected chi connectivity index (χ2v) is 9.77.